The van der Waals surface area contributed by atoms with Crippen LogP contribution in [0.15, 0.2) is 18.2 Å². The summed E-state index contributed by atoms with van der Waals surface area (Å²) in [4.78, 5) is 2.29. The van der Waals surface area contributed by atoms with E-state index in [1.165, 1.54) is 12.8 Å². The minimum Gasteiger partial charge on any atom is -0.497 e. The molecule has 0 N–H and O–H groups in total. The molecule has 84 valence electrons. The molecule has 16 heavy (non-hydrogen) atoms. The third-order valence-electron chi connectivity index (χ3n) is 3.19. The lowest BCUT2D eigenvalue weighted by atomic mass is 10.1. The normalized spacial score (nSPS) is 19.6. The van der Waals surface area contributed by atoms with E-state index in [9.17, 15) is 0 Å². The van der Waals surface area contributed by atoms with Crippen LogP contribution in [0.1, 0.15) is 25.3 Å². The fourth-order valence-electron chi connectivity index (χ4n) is 2.26. The highest BCUT2D eigenvalue weighted by Crippen LogP contribution is 2.31. The molecule has 2 rings (SSSR count). The molecule has 1 heterocycles. The van der Waals surface area contributed by atoms with Gasteiger partial charge in [-0.1, -0.05) is 0 Å². The molecule has 1 aromatic rings. The molecule has 3 heteroatoms. The Morgan fingerprint density at radius 1 is 1.50 bits per heavy atom. The van der Waals surface area contributed by atoms with Gasteiger partial charge in [-0.15, -0.1) is 0 Å². The third-order valence-corrected chi connectivity index (χ3v) is 3.19. The number of benzene rings is 1. The van der Waals surface area contributed by atoms with Gasteiger partial charge in [0.15, 0.2) is 0 Å². The zero-order chi connectivity index (χ0) is 11.5. The first-order valence-electron chi connectivity index (χ1n) is 5.61. The Kier molecular flexibility index (Phi) is 3.00. The van der Waals surface area contributed by atoms with E-state index < -0.39 is 0 Å². The van der Waals surface area contributed by atoms with Gasteiger partial charge in [0, 0.05) is 18.7 Å². The molecule has 1 aliphatic heterocycles. The van der Waals surface area contributed by atoms with E-state index in [-0.39, 0.29) is 0 Å². The number of nitriles is 1. The first kappa shape index (κ1) is 10.8. The summed E-state index contributed by atoms with van der Waals surface area (Å²) in [7, 11) is 1.65. The van der Waals surface area contributed by atoms with Gasteiger partial charge in [-0.3, -0.25) is 0 Å². The van der Waals surface area contributed by atoms with Crippen molar-refractivity contribution in [2.75, 3.05) is 18.6 Å². The van der Waals surface area contributed by atoms with Gasteiger partial charge < -0.3 is 9.64 Å². The van der Waals surface area contributed by atoms with Gasteiger partial charge >= 0.3 is 0 Å². The van der Waals surface area contributed by atoms with Crippen LogP contribution in [-0.2, 0) is 0 Å². The first-order chi connectivity index (χ1) is 7.76. The van der Waals surface area contributed by atoms with Crippen molar-refractivity contribution in [1.82, 2.24) is 0 Å². The molecule has 0 saturated carbocycles. The summed E-state index contributed by atoms with van der Waals surface area (Å²) in [5.41, 5.74) is 1.74. The largest absolute Gasteiger partial charge is 0.497 e. The van der Waals surface area contributed by atoms with Crippen molar-refractivity contribution in [3.05, 3.63) is 23.8 Å². The highest BCUT2D eigenvalue weighted by atomic mass is 16.5. The number of nitrogens with zero attached hydrogens (tertiary/aromatic N) is 2. The second kappa shape index (κ2) is 4.44. The van der Waals surface area contributed by atoms with E-state index in [1.807, 2.05) is 18.2 Å². The Hall–Kier alpha value is -1.69. The third kappa shape index (κ3) is 1.83. The maximum Gasteiger partial charge on any atom is 0.121 e. The molecule has 0 bridgehead atoms. The molecular weight excluding hydrogens is 200 g/mol. The molecule has 1 aromatic carbocycles. The SMILES string of the molecule is COc1ccc(C#N)c(N2CCCC2C)c1. The van der Waals surface area contributed by atoms with Gasteiger partial charge in [-0.05, 0) is 31.9 Å². The van der Waals surface area contributed by atoms with Gasteiger partial charge in [-0.25, -0.2) is 0 Å². The first-order valence-corrected chi connectivity index (χ1v) is 5.61. The standard InChI is InChI=1S/C13H16N2O/c1-10-4-3-7-15(10)13-8-12(16-2)6-5-11(13)9-14/h5-6,8,10H,3-4,7H2,1-2H3. The summed E-state index contributed by atoms with van der Waals surface area (Å²) >= 11 is 0. The van der Waals surface area contributed by atoms with Crippen LogP contribution in [0.3, 0.4) is 0 Å². The van der Waals surface area contributed by atoms with Crippen molar-refractivity contribution in [2.24, 2.45) is 0 Å². The van der Waals surface area contributed by atoms with Crippen molar-refractivity contribution in [1.29, 1.82) is 5.26 Å². The molecular formula is C13H16N2O. The number of hydrogen-bond acceptors (Lipinski definition) is 3. The Balaban J connectivity index is 2.41. The summed E-state index contributed by atoms with van der Waals surface area (Å²) in [5.74, 6) is 0.813. The van der Waals surface area contributed by atoms with Gasteiger partial charge in [0.25, 0.3) is 0 Å². The summed E-state index contributed by atoms with van der Waals surface area (Å²) < 4.78 is 5.21. The lowest BCUT2D eigenvalue weighted by molar-refractivity contribution is 0.414. The lowest BCUT2D eigenvalue weighted by Gasteiger charge is -2.25. The summed E-state index contributed by atoms with van der Waals surface area (Å²) in [5, 5.41) is 9.11. The topological polar surface area (TPSA) is 36.3 Å². The monoisotopic (exact) mass is 216 g/mol. The zero-order valence-electron chi connectivity index (χ0n) is 9.73. The molecule has 1 atom stereocenters. The second-order valence-corrected chi connectivity index (χ2v) is 4.18. The van der Waals surface area contributed by atoms with Gasteiger partial charge in [-0.2, -0.15) is 5.26 Å². The predicted molar refractivity (Wildman–Crippen MR) is 63.8 cm³/mol. The van der Waals surface area contributed by atoms with Crippen LogP contribution in [0.25, 0.3) is 0 Å². The van der Waals surface area contributed by atoms with Crippen molar-refractivity contribution >= 4 is 5.69 Å². The van der Waals surface area contributed by atoms with Gasteiger partial charge in [0.2, 0.25) is 0 Å². The number of methoxy groups -OCH3 is 1. The fourth-order valence-corrected chi connectivity index (χ4v) is 2.26. The van der Waals surface area contributed by atoms with Gasteiger partial charge in [0.05, 0.1) is 18.4 Å². The molecule has 1 aliphatic rings. The van der Waals surface area contributed by atoms with Crippen molar-refractivity contribution in [2.45, 2.75) is 25.8 Å². The summed E-state index contributed by atoms with van der Waals surface area (Å²) in [6, 6.07) is 8.39. The van der Waals surface area contributed by atoms with E-state index in [0.29, 0.717) is 6.04 Å². The van der Waals surface area contributed by atoms with Crippen LogP contribution in [0, 0.1) is 11.3 Å². The fraction of sp³-hybridized carbons (Fsp3) is 0.462. The minimum atomic E-state index is 0.513. The average Bonchev–Trinajstić information content (AvgIpc) is 2.74. The number of rotatable bonds is 2. The summed E-state index contributed by atoms with van der Waals surface area (Å²) in [6.07, 6.45) is 2.39. The Morgan fingerprint density at radius 3 is 2.88 bits per heavy atom. The average molecular weight is 216 g/mol. The Morgan fingerprint density at radius 2 is 2.31 bits per heavy atom. The van der Waals surface area contributed by atoms with E-state index in [1.54, 1.807) is 7.11 Å². The van der Waals surface area contributed by atoms with Gasteiger partial charge in [0.1, 0.15) is 11.8 Å². The second-order valence-electron chi connectivity index (χ2n) is 4.18. The molecule has 1 fully saturated rings. The highest BCUT2D eigenvalue weighted by molar-refractivity contribution is 5.63. The zero-order valence-corrected chi connectivity index (χ0v) is 9.73. The maximum absolute atomic E-state index is 9.11. The minimum absolute atomic E-state index is 0.513. The lowest BCUT2D eigenvalue weighted by Crippen LogP contribution is -2.27. The Labute approximate surface area is 96.2 Å². The van der Waals surface area contributed by atoms with E-state index in [2.05, 4.69) is 17.9 Å². The number of anilines is 1. The molecule has 3 nitrogen and oxygen atoms in total. The number of ether oxygens (including phenoxy) is 1. The molecule has 0 spiro atoms. The van der Waals surface area contributed by atoms with Crippen molar-refractivity contribution in [3.63, 3.8) is 0 Å². The smallest absolute Gasteiger partial charge is 0.121 e. The van der Waals surface area contributed by atoms with Crippen LogP contribution >= 0.6 is 0 Å². The molecule has 0 radical (unpaired) electrons. The van der Waals surface area contributed by atoms with Crippen LogP contribution in [0.2, 0.25) is 0 Å². The Bertz CT molecular complexity index is 422. The summed E-state index contributed by atoms with van der Waals surface area (Å²) in [6.45, 7) is 3.23. The van der Waals surface area contributed by atoms with E-state index in [0.717, 1.165) is 23.5 Å². The van der Waals surface area contributed by atoms with Crippen molar-refractivity contribution < 1.29 is 4.74 Å². The molecule has 0 aromatic heterocycles. The van der Waals surface area contributed by atoms with Crippen LogP contribution < -0.4 is 9.64 Å². The van der Waals surface area contributed by atoms with Crippen molar-refractivity contribution in [3.8, 4) is 11.8 Å². The molecule has 1 saturated heterocycles. The van der Waals surface area contributed by atoms with Crippen LogP contribution in [0.5, 0.6) is 5.75 Å². The quantitative estimate of drug-likeness (QED) is 0.762. The molecule has 0 aliphatic carbocycles. The predicted octanol–water partition coefficient (Wildman–Crippen LogP) is 2.56. The molecule has 1 unspecified atom stereocenters. The van der Waals surface area contributed by atoms with E-state index in [4.69, 9.17) is 10.00 Å². The van der Waals surface area contributed by atoms with Crippen LogP contribution in [0.4, 0.5) is 5.69 Å². The highest BCUT2D eigenvalue weighted by Gasteiger charge is 2.23. The number of hydrogen-bond donors (Lipinski definition) is 0. The maximum atomic E-state index is 9.11. The molecule has 0 amide bonds. The van der Waals surface area contributed by atoms with Crippen LogP contribution in [-0.4, -0.2) is 19.7 Å². The van der Waals surface area contributed by atoms with E-state index >= 15 is 0 Å².